The highest BCUT2D eigenvalue weighted by Gasteiger charge is 2.42. The molecule has 186 valence electrons. The van der Waals surface area contributed by atoms with Gasteiger partial charge in [0, 0.05) is 12.8 Å². The first kappa shape index (κ1) is 26.3. The number of nitrogens with two attached hydrogens (primary N) is 1. The van der Waals surface area contributed by atoms with Crippen LogP contribution >= 0.6 is 0 Å². The normalized spacial score (nSPS) is 15.3. The van der Waals surface area contributed by atoms with E-state index in [0.717, 1.165) is 6.20 Å². The number of benzene rings is 2. The zero-order chi connectivity index (χ0) is 25.6. The van der Waals surface area contributed by atoms with E-state index in [4.69, 9.17) is 10.5 Å². The molecule has 0 saturated carbocycles. The average molecular weight is 486 g/mol. The summed E-state index contributed by atoms with van der Waals surface area (Å²) in [6.07, 6.45) is -3.35. The molecule has 0 radical (unpaired) electrons. The topological polar surface area (TPSA) is 115 Å². The minimum atomic E-state index is -2.01. The Kier molecular flexibility index (Phi) is 8.24. The van der Waals surface area contributed by atoms with Gasteiger partial charge in [-0.15, -0.1) is 0 Å². The molecule has 0 saturated heterocycles. The van der Waals surface area contributed by atoms with Gasteiger partial charge < -0.3 is 15.6 Å². The number of hydrogen-bond donors (Lipinski definition) is 2. The quantitative estimate of drug-likeness (QED) is 0.331. The van der Waals surface area contributed by atoms with Crippen molar-refractivity contribution in [3.8, 4) is 0 Å². The van der Waals surface area contributed by atoms with Gasteiger partial charge in [-0.3, -0.25) is 4.98 Å². The molecule has 0 amide bonds. The monoisotopic (exact) mass is 485 g/mol. The van der Waals surface area contributed by atoms with Crippen LogP contribution in [-0.4, -0.2) is 50.5 Å². The molecule has 0 bridgehead atoms. The van der Waals surface area contributed by atoms with Gasteiger partial charge in [0.1, 0.15) is 17.4 Å². The van der Waals surface area contributed by atoms with Crippen LogP contribution in [0.25, 0.3) is 11.0 Å². The molecule has 35 heavy (non-hydrogen) atoms. The van der Waals surface area contributed by atoms with E-state index in [0.29, 0.717) is 16.6 Å². The Hall–Kier alpha value is -3.30. The third-order valence-corrected chi connectivity index (χ3v) is 5.68. The molecule has 1 heterocycles. The van der Waals surface area contributed by atoms with Crippen molar-refractivity contribution in [2.45, 2.75) is 63.0 Å². The fraction of sp³-hybridized carbons (Fsp3) is 0.385. The fourth-order valence-electron chi connectivity index (χ4n) is 3.58. The number of ether oxygens (including phenoxy) is 1. The summed E-state index contributed by atoms with van der Waals surface area (Å²) in [5.41, 5.74) is 3.93. The second-order valence-electron chi connectivity index (χ2n) is 9.27. The van der Waals surface area contributed by atoms with E-state index in [-0.39, 0.29) is 25.0 Å². The molecule has 0 aliphatic carbocycles. The molecule has 3 N–H and O–H groups in total. The molecule has 1 aromatic heterocycles. The predicted octanol–water partition coefficient (Wildman–Crippen LogP) is 3.87. The Labute approximate surface area is 202 Å². The summed E-state index contributed by atoms with van der Waals surface area (Å²) < 4.78 is 34.0. The van der Waals surface area contributed by atoms with Crippen molar-refractivity contribution in [1.29, 1.82) is 0 Å². The molecule has 3 atom stereocenters. The van der Waals surface area contributed by atoms with Crippen molar-refractivity contribution in [3.63, 3.8) is 0 Å². The third-order valence-electron chi connectivity index (χ3n) is 5.68. The number of carbonyl (C=O) groups excluding carboxylic acids is 2. The van der Waals surface area contributed by atoms with Crippen molar-refractivity contribution in [1.82, 2.24) is 9.97 Å². The minimum absolute atomic E-state index is 0.104. The summed E-state index contributed by atoms with van der Waals surface area (Å²) >= 11 is 0. The van der Waals surface area contributed by atoms with E-state index < -0.39 is 41.8 Å². The van der Waals surface area contributed by atoms with Crippen LogP contribution in [0.3, 0.4) is 0 Å². The molecule has 0 aliphatic heterocycles. The fourth-order valence-corrected chi connectivity index (χ4v) is 3.58. The van der Waals surface area contributed by atoms with Gasteiger partial charge in [-0.2, -0.15) is 0 Å². The van der Waals surface area contributed by atoms with Crippen LogP contribution in [0.5, 0.6) is 0 Å². The standard InChI is InChI=1S/C26H29F2N3O4/c1-25(2,28)12-13-26(29,15-22(32)18(27)14-17-8-4-3-5-9-17)24(34)35-23(33)21-16-30-19-10-6-7-11-20(19)31-21/h3-11,16,18,22,32H,12-15,29H2,1-2H3. The molecule has 3 unspecified atom stereocenters. The van der Waals surface area contributed by atoms with E-state index >= 15 is 0 Å². The van der Waals surface area contributed by atoms with Crippen LogP contribution in [0.4, 0.5) is 8.78 Å². The van der Waals surface area contributed by atoms with E-state index in [1.54, 1.807) is 54.6 Å². The van der Waals surface area contributed by atoms with Gasteiger partial charge >= 0.3 is 11.9 Å². The zero-order valence-electron chi connectivity index (χ0n) is 19.7. The maximum absolute atomic E-state index is 14.8. The Morgan fingerprint density at radius 2 is 1.69 bits per heavy atom. The lowest BCUT2D eigenvalue weighted by molar-refractivity contribution is -0.146. The van der Waals surface area contributed by atoms with Crippen LogP contribution in [0.2, 0.25) is 0 Å². The molecule has 3 rings (SSSR count). The van der Waals surface area contributed by atoms with Gasteiger partial charge in [0.15, 0.2) is 5.69 Å². The lowest BCUT2D eigenvalue weighted by Gasteiger charge is -2.31. The molecular weight excluding hydrogens is 456 g/mol. The van der Waals surface area contributed by atoms with Crippen molar-refractivity contribution in [3.05, 3.63) is 72.1 Å². The molecule has 0 spiro atoms. The number of aliphatic hydroxyl groups is 1. The Balaban J connectivity index is 1.75. The summed E-state index contributed by atoms with van der Waals surface area (Å²) in [6.45, 7) is 2.61. The molecular formula is C26H29F2N3O4. The van der Waals surface area contributed by atoms with Crippen molar-refractivity contribution in [2.24, 2.45) is 5.73 Å². The molecule has 3 aromatic rings. The first-order chi connectivity index (χ1) is 16.5. The number of aromatic nitrogens is 2. The molecule has 9 heteroatoms. The summed E-state index contributed by atoms with van der Waals surface area (Å²) in [6, 6.07) is 15.5. The summed E-state index contributed by atoms with van der Waals surface area (Å²) in [4.78, 5) is 33.8. The number of para-hydroxylation sites is 2. The van der Waals surface area contributed by atoms with E-state index in [2.05, 4.69) is 9.97 Å². The highest BCUT2D eigenvalue weighted by atomic mass is 19.1. The van der Waals surface area contributed by atoms with Crippen LogP contribution < -0.4 is 5.73 Å². The number of rotatable bonds is 10. The van der Waals surface area contributed by atoms with Crippen LogP contribution in [0.15, 0.2) is 60.8 Å². The number of nitrogens with zero attached hydrogens (tertiary/aromatic N) is 2. The lowest BCUT2D eigenvalue weighted by atomic mass is 9.83. The molecule has 0 fully saturated rings. The molecule has 7 nitrogen and oxygen atoms in total. The van der Waals surface area contributed by atoms with Gasteiger partial charge in [-0.1, -0.05) is 42.5 Å². The number of halogens is 2. The number of esters is 2. The summed E-state index contributed by atoms with van der Waals surface area (Å²) in [5.74, 6) is -2.30. The van der Waals surface area contributed by atoms with Gasteiger partial charge in [-0.25, -0.2) is 23.4 Å². The lowest BCUT2D eigenvalue weighted by Crippen LogP contribution is -2.53. The van der Waals surface area contributed by atoms with E-state index in [1.807, 2.05) is 0 Å². The van der Waals surface area contributed by atoms with Crippen LogP contribution in [0.1, 0.15) is 49.2 Å². The van der Waals surface area contributed by atoms with Gasteiger partial charge in [0.2, 0.25) is 0 Å². The van der Waals surface area contributed by atoms with Crippen molar-refractivity contribution >= 4 is 23.0 Å². The summed E-state index contributed by atoms with van der Waals surface area (Å²) in [7, 11) is 0. The van der Waals surface area contributed by atoms with E-state index in [9.17, 15) is 23.5 Å². The number of alkyl halides is 2. The Morgan fingerprint density at radius 3 is 2.34 bits per heavy atom. The second kappa shape index (κ2) is 11.0. The molecule has 2 aromatic carbocycles. The largest absolute Gasteiger partial charge is 0.390 e. The van der Waals surface area contributed by atoms with Crippen LogP contribution in [-0.2, 0) is 16.0 Å². The Bertz CT molecular complexity index is 1170. The van der Waals surface area contributed by atoms with E-state index in [1.165, 1.54) is 13.8 Å². The SMILES string of the molecule is CC(C)(F)CCC(N)(CC(O)C(F)Cc1ccccc1)C(=O)OC(=O)c1cnc2ccccc2n1. The average Bonchev–Trinajstić information content (AvgIpc) is 2.82. The number of hydrogen-bond acceptors (Lipinski definition) is 7. The van der Waals surface area contributed by atoms with Crippen molar-refractivity contribution < 1.29 is 28.2 Å². The highest BCUT2D eigenvalue weighted by Crippen LogP contribution is 2.28. The Morgan fingerprint density at radius 1 is 1.06 bits per heavy atom. The zero-order valence-corrected chi connectivity index (χ0v) is 19.7. The predicted molar refractivity (Wildman–Crippen MR) is 127 cm³/mol. The van der Waals surface area contributed by atoms with Crippen LogP contribution in [0, 0.1) is 0 Å². The maximum atomic E-state index is 14.8. The second-order valence-corrected chi connectivity index (χ2v) is 9.27. The number of carbonyl (C=O) groups is 2. The molecule has 0 aliphatic rings. The van der Waals surface area contributed by atoms with Gasteiger partial charge in [0.05, 0.1) is 23.3 Å². The number of aliphatic hydroxyl groups excluding tert-OH is 1. The minimum Gasteiger partial charge on any atom is -0.390 e. The third kappa shape index (κ3) is 7.34. The van der Waals surface area contributed by atoms with Gasteiger partial charge in [0.25, 0.3) is 0 Å². The van der Waals surface area contributed by atoms with Crippen molar-refractivity contribution in [2.75, 3.05) is 0 Å². The summed E-state index contributed by atoms with van der Waals surface area (Å²) in [5, 5.41) is 10.5. The maximum Gasteiger partial charge on any atom is 0.366 e. The first-order valence-corrected chi connectivity index (χ1v) is 11.3. The van der Waals surface area contributed by atoms with Gasteiger partial charge in [-0.05, 0) is 44.4 Å². The first-order valence-electron chi connectivity index (χ1n) is 11.3. The smallest absolute Gasteiger partial charge is 0.366 e. The highest BCUT2D eigenvalue weighted by molar-refractivity contribution is 5.98. The number of fused-ring (bicyclic) bond motifs is 1.